The van der Waals surface area contributed by atoms with Crippen LogP contribution in [0.15, 0.2) is 54.6 Å². The molecule has 5 heteroatoms. The van der Waals surface area contributed by atoms with E-state index in [0.29, 0.717) is 32.2 Å². The molecule has 2 N–H and O–H groups in total. The van der Waals surface area contributed by atoms with E-state index in [9.17, 15) is 10.2 Å². The Kier molecular flexibility index (Phi) is 6.97. The summed E-state index contributed by atoms with van der Waals surface area (Å²) in [4.78, 5) is 2.15. The molecule has 0 bridgehead atoms. The summed E-state index contributed by atoms with van der Waals surface area (Å²) >= 11 is 0. The van der Waals surface area contributed by atoms with E-state index in [4.69, 9.17) is 9.47 Å². The molecule has 0 radical (unpaired) electrons. The number of rotatable bonds is 6. The highest BCUT2D eigenvalue weighted by Crippen LogP contribution is 2.38. The highest BCUT2D eigenvalue weighted by atomic mass is 16.5. The molecule has 1 saturated carbocycles. The standard InChI is InChI=1S/C26H35NO4/c1-21-6-5-9-24(16-21)31-20-26(29)18-27(14-15-30-19-26)17-25(28)12-10-23(11-13-25)22-7-3-2-4-8-22/h2-9,16,23,28-29H,10-15,17-20H2,1H3/t23?,25?,26-/m0/s1. The predicted molar refractivity (Wildman–Crippen MR) is 121 cm³/mol. The molecule has 1 aliphatic heterocycles. The average molecular weight is 426 g/mol. The van der Waals surface area contributed by atoms with Gasteiger partial charge in [-0.15, -0.1) is 0 Å². The summed E-state index contributed by atoms with van der Waals surface area (Å²) in [5.41, 5.74) is 0.679. The molecule has 1 saturated heterocycles. The molecular formula is C26H35NO4. The summed E-state index contributed by atoms with van der Waals surface area (Å²) in [6.45, 7) is 4.68. The quantitative estimate of drug-likeness (QED) is 0.742. The number of nitrogens with zero attached hydrogens (tertiary/aromatic N) is 1. The van der Waals surface area contributed by atoms with Gasteiger partial charge in [0.25, 0.3) is 0 Å². The highest BCUT2D eigenvalue weighted by Gasteiger charge is 2.39. The van der Waals surface area contributed by atoms with Gasteiger partial charge in [-0.3, -0.25) is 4.90 Å². The van der Waals surface area contributed by atoms with Crippen LogP contribution in [0.1, 0.15) is 42.7 Å². The fourth-order valence-corrected chi connectivity index (χ4v) is 4.93. The molecule has 31 heavy (non-hydrogen) atoms. The van der Waals surface area contributed by atoms with Crippen molar-refractivity contribution in [2.75, 3.05) is 39.5 Å². The zero-order valence-corrected chi connectivity index (χ0v) is 18.5. The number of benzene rings is 2. The maximum absolute atomic E-state index is 11.3. The number of aryl methyl sites for hydroxylation is 1. The van der Waals surface area contributed by atoms with Gasteiger partial charge in [0.05, 0.1) is 18.8 Å². The van der Waals surface area contributed by atoms with E-state index in [1.165, 1.54) is 5.56 Å². The van der Waals surface area contributed by atoms with Crippen molar-refractivity contribution in [2.45, 2.75) is 49.7 Å². The lowest BCUT2D eigenvalue weighted by molar-refractivity contribution is -0.0766. The highest BCUT2D eigenvalue weighted by molar-refractivity contribution is 5.27. The minimum absolute atomic E-state index is 0.168. The van der Waals surface area contributed by atoms with E-state index in [-0.39, 0.29) is 13.2 Å². The van der Waals surface area contributed by atoms with Crippen molar-refractivity contribution in [2.24, 2.45) is 0 Å². The molecular weight excluding hydrogens is 390 g/mol. The van der Waals surface area contributed by atoms with Crippen molar-refractivity contribution in [3.05, 3.63) is 65.7 Å². The van der Waals surface area contributed by atoms with Crippen LogP contribution in [-0.2, 0) is 4.74 Å². The molecule has 2 aliphatic rings. The summed E-state index contributed by atoms with van der Waals surface area (Å²) in [7, 11) is 0. The van der Waals surface area contributed by atoms with Crippen LogP contribution in [0.25, 0.3) is 0 Å². The molecule has 1 heterocycles. The first-order valence-electron chi connectivity index (χ1n) is 11.4. The second-order valence-electron chi connectivity index (χ2n) is 9.50. The van der Waals surface area contributed by atoms with Crippen LogP contribution < -0.4 is 4.74 Å². The second-order valence-corrected chi connectivity index (χ2v) is 9.50. The summed E-state index contributed by atoms with van der Waals surface area (Å²) in [5, 5.41) is 22.5. The Balaban J connectivity index is 1.33. The molecule has 0 amide bonds. The van der Waals surface area contributed by atoms with Crippen LogP contribution in [-0.4, -0.2) is 65.8 Å². The topological polar surface area (TPSA) is 62.2 Å². The summed E-state index contributed by atoms with van der Waals surface area (Å²) in [6.07, 6.45) is 3.54. The lowest BCUT2D eigenvalue weighted by Gasteiger charge is -2.40. The van der Waals surface area contributed by atoms with Crippen LogP contribution in [0.2, 0.25) is 0 Å². The molecule has 5 nitrogen and oxygen atoms in total. The van der Waals surface area contributed by atoms with Crippen molar-refractivity contribution >= 4 is 0 Å². The Morgan fingerprint density at radius 2 is 1.81 bits per heavy atom. The van der Waals surface area contributed by atoms with Gasteiger partial charge in [0.1, 0.15) is 18.0 Å². The Morgan fingerprint density at radius 1 is 1.03 bits per heavy atom. The molecule has 0 aromatic heterocycles. The Morgan fingerprint density at radius 3 is 2.55 bits per heavy atom. The van der Waals surface area contributed by atoms with Crippen molar-refractivity contribution in [1.29, 1.82) is 0 Å². The van der Waals surface area contributed by atoms with E-state index in [1.807, 2.05) is 37.3 Å². The molecule has 168 valence electrons. The van der Waals surface area contributed by atoms with Gasteiger partial charge in [-0.2, -0.15) is 0 Å². The predicted octanol–water partition coefficient (Wildman–Crippen LogP) is 3.53. The van der Waals surface area contributed by atoms with Gasteiger partial charge in [0, 0.05) is 19.6 Å². The molecule has 4 rings (SSSR count). The van der Waals surface area contributed by atoms with E-state index in [2.05, 4.69) is 29.2 Å². The average Bonchev–Trinajstić information content (AvgIpc) is 2.94. The van der Waals surface area contributed by atoms with Crippen molar-refractivity contribution in [3.63, 3.8) is 0 Å². The maximum atomic E-state index is 11.3. The first-order chi connectivity index (χ1) is 14.9. The number of hydrogen-bond acceptors (Lipinski definition) is 5. The molecule has 2 aromatic carbocycles. The summed E-state index contributed by atoms with van der Waals surface area (Å²) in [5.74, 6) is 1.27. The van der Waals surface area contributed by atoms with E-state index >= 15 is 0 Å². The largest absolute Gasteiger partial charge is 0.490 e. The van der Waals surface area contributed by atoms with Gasteiger partial charge in [-0.05, 0) is 61.8 Å². The minimum atomic E-state index is -1.10. The van der Waals surface area contributed by atoms with E-state index in [1.54, 1.807) is 0 Å². The molecule has 0 spiro atoms. The van der Waals surface area contributed by atoms with Gasteiger partial charge in [0.2, 0.25) is 0 Å². The van der Waals surface area contributed by atoms with Crippen LogP contribution in [0.3, 0.4) is 0 Å². The number of ether oxygens (including phenoxy) is 2. The third-order valence-corrected chi connectivity index (χ3v) is 6.64. The van der Waals surface area contributed by atoms with Gasteiger partial charge in [-0.25, -0.2) is 0 Å². The van der Waals surface area contributed by atoms with Crippen LogP contribution in [0.4, 0.5) is 0 Å². The second kappa shape index (κ2) is 9.70. The molecule has 0 unspecified atom stereocenters. The third-order valence-electron chi connectivity index (χ3n) is 6.64. The van der Waals surface area contributed by atoms with Crippen LogP contribution >= 0.6 is 0 Å². The lowest BCUT2D eigenvalue weighted by atomic mass is 9.76. The van der Waals surface area contributed by atoms with E-state index in [0.717, 1.165) is 37.0 Å². The van der Waals surface area contributed by atoms with Gasteiger partial charge >= 0.3 is 0 Å². The first kappa shape index (κ1) is 22.3. The van der Waals surface area contributed by atoms with Gasteiger partial charge in [0.15, 0.2) is 0 Å². The van der Waals surface area contributed by atoms with Crippen molar-refractivity contribution in [1.82, 2.24) is 4.90 Å². The Bertz CT molecular complexity index is 834. The molecule has 2 fully saturated rings. The first-order valence-corrected chi connectivity index (χ1v) is 11.4. The summed E-state index contributed by atoms with van der Waals surface area (Å²) < 4.78 is 11.6. The number of β-amino-alcohol motifs (C(OH)–C–C–N with tert-alkyl or cyclic N) is 2. The molecule has 2 aromatic rings. The number of hydrogen-bond donors (Lipinski definition) is 2. The van der Waals surface area contributed by atoms with Gasteiger partial charge in [-0.1, -0.05) is 42.5 Å². The maximum Gasteiger partial charge on any atom is 0.134 e. The smallest absolute Gasteiger partial charge is 0.134 e. The SMILES string of the molecule is Cc1cccc(OC[C@@]2(O)COCCN(CC3(O)CCC(c4ccccc4)CC3)C2)c1. The van der Waals surface area contributed by atoms with Crippen LogP contribution in [0.5, 0.6) is 5.75 Å². The minimum Gasteiger partial charge on any atom is -0.490 e. The molecule has 1 atom stereocenters. The zero-order valence-electron chi connectivity index (χ0n) is 18.5. The summed E-state index contributed by atoms with van der Waals surface area (Å²) in [6, 6.07) is 18.4. The van der Waals surface area contributed by atoms with Crippen molar-refractivity contribution in [3.8, 4) is 5.75 Å². The fourth-order valence-electron chi connectivity index (χ4n) is 4.93. The van der Waals surface area contributed by atoms with Crippen molar-refractivity contribution < 1.29 is 19.7 Å². The van der Waals surface area contributed by atoms with Gasteiger partial charge < -0.3 is 19.7 Å². The van der Waals surface area contributed by atoms with Crippen LogP contribution in [0, 0.1) is 6.92 Å². The fraction of sp³-hybridized carbons (Fsp3) is 0.538. The van der Waals surface area contributed by atoms with E-state index < -0.39 is 11.2 Å². The molecule has 1 aliphatic carbocycles. The Hall–Kier alpha value is -1.92. The third kappa shape index (κ3) is 6.07. The Labute approximate surface area is 185 Å². The zero-order chi connectivity index (χ0) is 21.7. The monoisotopic (exact) mass is 425 g/mol. The normalized spacial score (nSPS) is 30.0. The lowest BCUT2D eigenvalue weighted by Crippen LogP contribution is -2.53. The number of aliphatic hydroxyl groups is 2.